The zero-order chi connectivity index (χ0) is 19.9. The fraction of sp³-hybridized carbons (Fsp3) is 0.318. The summed E-state index contributed by atoms with van der Waals surface area (Å²) in [5.74, 6) is 2.21. The van der Waals surface area contributed by atoms with Crippen molar-refractivity contribution >= 4 is 27.6 Å². The number of aromatic nitrogens is 7. The van der Waals surface area contributed by atoms with E-state index in [2.05, 4.69) is 46.7 Å². The van der Waals surface area contributed by atoms with Crippen LogP contribution in [0.4, 0.5) is 0 Å². The molecular weight excluding hydrogens is 362 g/mol. The van der Waals surface area contributed by atoms with E-state index in [1.54, 1.807) is 0 Å². The summed E-state index contributed by atoms with van der Waals surface area (Å²) >= 11 is 0. The largest absolute Gasteiger partial charge is 0.331 e. The molecule has 7 heteroatoms. The van der Waals surface area contributed by atoms with E-state index in [1.807, 2.05) is 36.8 Å². The third kappa shape index (κ3) is 2.15. The fourth-order valence-electron chi connectivity index (χ4n) is 4.57. The molecule has 1 fully saturated rings. The molecule has 7 nitrogen and oxygen atoms in total. The summed E-state index contributed by atoms with van der Waals surface area (Å²) in [5, 5.41) is 5.90. The first-order valence-corrected chi connectivity index (χ1v) is 9.87. The average Bonchev–Trinajstić information content (AvgIpc) is 3.08. The van der Waals surface area contributed by atoms with Crippen molar-refractivity contribution in [3.63, 3.8) is 0 Å². The van der Waals surface area contributed by atoms with Gasteiger partial charge < -0.3 is 4.57 Å². The molecule has 6 rings (SSSR count). The molecule has 0 radical (unpaired) electrons. The molecule has 4 heterocycles. The second-order valence-corrected chi connectivity index (χ2v) is 8.36. The van der Waals surface area contributed by atoms with E-state index >= 15 is 0 Å². The molecule has 0 amide bonds. The Labute approximate surface area is 167 Å². The predicted molar refractivity (Wildman–Crippen MR) is 111 cm³/mol. The summed E-state index contributed by atoms with van der Waals surface area (Å²) in [6.45, 7) is 6.25. The molecule has 1 aromatic carbocycles. The van der Waals surface area contributed by atoms with Gasteiger partial charge in [-0.15, -0.1) is 0 Å². The van der Waals surface area contributed by atoms with Crippen LogP contribution in [0.3, 0.4) is 0 Å². The third-order valence-corrected chi connectivity index (χ3v) is 6.42. The second kappa shape index (κ2) is 5.37. The highest BCUT2D eigenvalue weighted by atomic mass is 15.3. The summed E-state index contributed by atoms with van der Waals surface area (Å²) in [6, 6.07) is 8.25. The van der Waals surface area contributed by atoms with E-state index in [4.69, 9.17) is 15.1 Å². The van der Waals surface area contributed by atoms with E-state index in [1.165, 1.54) is 0 Å². The van der Waals surface area contributed by atoms with E-state index in [-0.39, 0.29) is 11.3 Å². The molecule has 1 aliphatic rings. The van der Waals surface area contributed by atoms with Crippen molar-refractivity contribution in [3.05, 3.63) is 59.7 Å². The standard InChI is InChI=1S/C22H21N7/c1-12-11-24-13(2)20-26-19(27-29(12)20)15-10-22(15,3)21-25-18-14-6-5-9-23-16(14)7-8-17(18)28(21)4/h5-9,11,15H,10H2,1-4H3/t15-,22?/m0/s1. The van der Waals surface area contributed by atoms with Crippen LogP contribution in [0.25, 0.3) is 27.6 Å². The fourth-order valence-corrected chi connectivity index (χ4v) is 4.57. The number of benzene rings is 1. The zero-order valence-electron chi connectivity index (χ0n) is 16.9. The molecule has 1 aliphatic carbocycles. The topological polar surface area (TPSA) is 73.8 Å². The van der Waals surface area contributed by atoms with Crippen LogP contribution in [0, 0.1) is 13.8 Å². The maximum atomic E-state index is 5.09. The number of hydrogen-bond donors (Lipinski definition) is 0. The number of rotatable bonds is 2. The summed E-state index contributed by atoms with van der Waals surface area (Å²) < 4.78 is 4.13. The van der Waals surface area contributed by atoms with Crippen molar-refractivity contribution in [2.24, 2.45) is 7.05 Å². The molecule has 1 unspecified atom stereocenters. The van der Waals surface area contributed by atoms with Gasteiger partial charge in [-0.3, -0.25) is 9.97 Å². The first-order chi connectivity index (χ1) is 14.0. The maximum absolute atomic E-state index is 5.09. The van der Waals surface area contributed by atoms with Crippen molar-refractivity contribution in [2.45, 2.75) is 38.5 Å². The van der Waals surface area contributed by atoms with Crippen LogP contribution in [0.1, 0.15) is 42.3 Å². The van der Waals surface area contributed by atoms with Gasteiger partial charge in [-0.2, -0.15) is 5.10 Å². The van der Waals surface area contributed by atoms with Crippen LogP contribution in [0.15, 0.2) is 36.7 Å². The number of nitrogens with zero attached hydrogens (tertiary/aromatic N) is 7. The minimum absolute atomic E-state index is 0.0809. The lowest BCUT2D eigenvalue weighted by Crippen LogP contribution is -2.12. The van der Waals surface area contributed by atoms with Crippen molar-refractivity contribution in [1.29, 1.82) is 0 Å². The van der Waals surface area contributed by atoms with Crippen molar-refractivity contribution in [3.8, 4) is 0 Å². The van der Waals surface area contributed by atoms with Gasteiger partial charge in [-0.05, 0) is 44.5 Å². The number of pyridine rings is 1. The Morgan fingerprint density at radius 1 is 1.10 bits per heavy atom. The number of imidazole rings is 1. The lowest BCUT2D eigenvalue weighted by atomic mass is 10.1. The molecule has 0 aliphatic heterocycles. The highest BCUT2D eigenvalue weighted by molar-refractivity contribution is 6.02. The van der Waals surface area contributed by atoms with Gasteiger partial charge in [0.2, 0.25) is 0 Å². The second-order valence-electron chi connectivity index (χ2n) is 8.36. The molecule has 0 bridgehead atoms. The molecular formula is C22H21N7. The summed E-state index contributed by atoms with van der Waals surface area (Å²) in [4.78, 5) is 18.8. The summed E-state index contributed by atoms with van der Waals surface area (Å²) in [7, 11) is 2.10. The molecule has 144 valence electrons. The van der Waals surface area contributed by atoms with Crippen molar-refractivity contribution in [2.75, 3.05) is 0 Å². The highest BCUT2D eigenvalue weighted by Gasteiger charge is 2.57. The third-order valence-electron chi connectivity index (χ3n) is 6.42. The van der Waals surface area contributed by atoms with Crippen LogP contribution in [0.2, 0.25) is 0 Å². The number of aryl methyl sites for hydroxylation is 3. The Morgan fingerprint density at radius 3 is 2.79 bits per heavy atom. The molecule has 0 spiro atoms. The summed E-state index contributed by atoms with van der Waals surface area (Å²) in [6.07, 6.45) is 4.66. The van der Waals surface area contributed by atoms with Crippen LogP contribution in [0.5, 0.6) is 0 Å². The van der Waals surface area contributed by atoms with Gasteiger partial charge in [0.1, 0.15) is 5.82 Å². The Hall–Kier alpha value is -3.35. The lowest BCUT2D eigenvalue weighted by Gasteiger charge is -2.10. The Morgan fingerprint density at radius 2 is 1.97 bits per heavy atom. The van der Waals surface area contributed by atoms with Crippen LogP contribution < -0.4 is 0 Å². The van der Waals surface area contributed by atoms with Crippen LogP contribution in [-0.4, -0.2) is 34.1 Å². The normalized spacial score (nSPS) is 21.4. The Kier molecular flexibility index (Phi) is 3.07. The van der Waals surface area contributed by atoms with E-state index in [9.17, 15) is 0 Å². The first-order valence-electron chi connectivity index (χ1n) is 9.87. The lowest BCUT2D eigenvalue weighted by molar-refractivity contribution is 0.635. The highest BCUT2D eigenvalue weighted by Crippen LogP contribution is 2.59. The van der Waals surface area contributed by atoms with Crippen LogP contribution in [-0.2, 0) is 12.5 Å². The zero-order valence-corrected chi connectivity index (χ0v) is 16.9. The first kappa shape index (κ1) is 16.6. The number of hydrogen-bond acceptors (Lipinski definition) is 5. The van der Waals surface area contributed by atoms with Crippen molar-refractivity contribution in [1.82, 2.24) is 34.1 Å². The summed E-state index contributed by atoms with van der Waals surface area (Å²) in [5.41, 5.74) is 5.78. The minimum Gasteiger partial charge on any atom is -0.331 e. The molecule has 4 aromatic heterocycles. The van der Waals surface area contributed by atoms with Gasteiger partial charge in [0.05, 0.1) is 27.9 Å². The van der Waals surface area contributed by atoms with Gasteiger partial charge in [0, 0.05) is 36.2 Å². The van der Waals surface area contributed by atoms with Gasteiger partial charge in [0.15, 0.2) is 11.5 Å². The van der Waals surface area contributed by atoms with Gasteiger partial charge >= 0.3 is 0 Å². The SMILES string of the molecule is Cc1ncc(C)n2nc([C@@H]3CC3(C)c3nc4c5cccnc5ccc4n3C)nc12. The molecule has 1 saturated carbocycles. The molecule has 0 N–H and O–H groups in total. The smallest absolute Gasteiger partial charge is 0.177 e. The predicted octanol–water partition coefficient (Wildman–Crippen LogP) is 3.62. The van der Waals surface area contributed by atoms with Crippen LogP contribution >= 0.6 is 0 Å². The minimum atomic E-state index is -0.0809. The Bertz CT molecular complexity index is 1410. The van der Waals surface area contributed by atoms with E-state index in [0.717, 1.165) is 57.0 Å². The van der Waals surface area contributed by atoms with Gasteiger partial charge in [-0.25, -0.2) is 14.5 Å². The monoisotopic (exact) mass is 383 g/mol. The van der Waals surface area contributed by atoms with E-state index in [0.29, 0.717) is 0 Å². The molecule has 5 aromatic rings. The average molecular weight is 383 g/mol. The van der Waals surface area contributed by atoms with E-state index < -0.39 is 0 Å². The maximum Gasteiger partial charge on any atom is 0.177 e. The molecule has 29 heavy (non-hydrogen) atoms. The molecule has 0 saturated heterocycles. The quantitative estimate of drug-likeness (QED) is 0.465. The van der Waals surface area contributed by atoms with Gasteiger partial charge in [-0.1, -0.05) is 6.92 Å². The molecule has 2 atom stereocenters. The van der Waals surface area contributed by atoms with Gasteiger partial charge in [0.25, 0.3) is 0 Å². The Balaban J connectivity index is 1.49. The van der Waals surface area contributed by atoms with Crippen molar-refractivity contribution < 1.29 is 0 Å². The number of fused-ring (bicyclic) bond motifs is 4.